The summed E-state index contributed by atoms with van der Waals surface area (Å²) in [4.78, 5) is 28.2. The van der Waals surface area contributed by atoms with E-state index in [2.05, 4.69) is 4.99 Å². The molecule has 0 fully saturated rings. The molecule has 1 unspecified atom stereocenters. The third-order valence-electron chi connectivity index (χ3n) is 4.44. The van der Waals surface area contributed by atoms with Crippen LogP contribution in [0.2, 0.25) is 0 Å². The molecule has 0 aliphatic rings. The highest BCUT2D eigenvalue weighted by Gasteiger charge is 2.34. The van der Waals surface area contributed by atoms with Crippen molar-refractivity contribution in [2.75, 3.05) is 0 Å². The van der Waals surface area contributed by atoms with Gasteiger partial charge in [0, 0.05) is 5.56 Å². The zero-order valence-electron chi connectivity index (χ0n) is 15.5. The van der Waals surface area contributed by atoms with Gasteiger partial charge in [0.2, 0.25) is 0 Å². The molecule has 2 aromatic carbocycles. The van der Waals surface area contributed by atoms with Gasteiger partial charge in [-0.3, -0.25) is 4.79 Å². The predicted molar refractivity (Wildman–Crippen MR) is 103 cm³/mol. The van der Waals surface area contributed by atoms with E-state index >= 15 is 0 Å². The Hall–Kier alpha value is -2.94. The Morgan fingerprint density at radius 2 is 1.83 bits per heavy atom. The topological polar surface area (TPSA) is 71.7 Å². The standard InChI is InChI=1S/C20H17F3N2O3S/c1-3-14(18(27)28)25-15-6-4-5-13(20(21,22)23)16(15)29-19(25)24-17(26)12-9-7-11(2)8-10-12/h4-10,14H,3H2,1-2H3,(H,27,28). The molecule has 29 heavy (non-hydrogen) atoms. The number of carboxylic acids is 1. The largest absolute Gasteiger partial charge is 0.480 e. The van der Waals surface area contributed by atoms with Gasteiger partial charge in [-0.25, -0.2) is 4.79 Å². The molecule has 1 aromatic heterocycles. The number of carbonyl (C=O) groups excluding carboxylic acids is 1. The predicted octanol–water partition coefficient (Wildman–Crippen LogP) is 4.81. The molecule has 1 atom stereocenters. The SMILES string of the molecule is CCC(C(=O)O)n1c(=NC(=O)c2ccc(C)cc2)sc2c(C(F)(F)F)cccc21. The summed E-state index contributed by atoms with van der Waals surface area (Å²) in [6, 6.07) is 8.96. The van der Waals surface area contributed by atoms with Crippen LogP contribution in [0.4, 0.5) is 13.2 Å². The maximum absolute atomic E-state index is 13.4. The number of hydrogen-bond donors (Lipinski definition) is 1. The molecule has 9 heteroatoms. The minimum atomic E-state index is -4.62. The van der Waals surface area contributed by atoms with Gasteiger partial charge < -0.3 is 9.67 Å². The lowest BCUT2D eigenvalue weighted by molar-refractivity contribution is -0.141. The Morgan fingerprint density at radius 3 is 2.38 bits per heavy atom. The first-order valence-corrected chi connectivity index (χ1v) is 9.55. The summed E-state index contributed by atoms with van der Waals surface area (Å²) in [5.74, 6) is -1.87. The average Bonchev–Trinajstić information content (AvgIpc) is 2.99. The van der Waals surface area contributed by atoms with Gasteiger partial charge in [-0.1, -0.05) is 42.0 Å². The van der Waals surface area contributed by atoms with Gasteiger partial charge in [0.1, 0.15) is 6.04 Å². The van der Waals surface area contributed by atoms with Crippen LogP contribution in [0.25, 0.3) is 10.2 Å². The fraction of sp³-hybridized carbons (Fsp3) is 0.250. The van der Waals surface area contributed by atoms with Crippen LogP contribution in [-0.4, -0.2) is 21.6 Å². The number of fused-ring (bicyclic) bond motifs is 1. The van der Waals surface area contributed by atoms with Gasteiger partial charge in [0.25, 0.3) is 5.91 Å². The summed E-state index contributed by atoms with van der Waals surface area (Å²) >= 11 is 0.657. The van der Waals surface area contributed by atoms with Crippen molar-refractivity contribution >= 4 is 33.4 Å². The highest BCUT2D eigenvalue weighted by molar-refractivity contribution is 7.16. The van der Waals surface area contributed by atoms with Crippen LogP contribution >= 0.6 is 11.3 Å². The minimum Gasteiger partial charge on any atom is -0.480 e. The first-order valence-electron chi connectivity index (χ1n) is 8.73. The number of amides is 1. The summed E-state index contributed by atoms with van der Waals surface area (Å²) < 4.78 is 41.4. The Bertz CT molecular complexity index is 1140. The minimum absolute atomic E-state index is 0.0783. The van der Waals surface area contributed by atoms with Gasteiger partial charge in [-0.2, -0.15) is 18.2 Å². The first kappa shape index (κ1) is 20.8. The summed E-state index contributed by atoms with van der Waals surface area (Å²) in [5, 5.41) is 9.57. The molecule has 152 valence electrons. The van der Waals surface area contributed by atoms with Crippen molar-refractivity contribution in [1.82, 2.24) is 4.57 Å². The normalized spacial score (nSPS) is 13.6. The van der Waals surface area contributed by atoms with E-state index < -0.39 is 29.7 Å². The first-order chi connectivity index (χ1) is 13.6. The average molecular weight is 422 g/mol. The maximum atomic E-state index is 13.4. The number of aromatic nitrogens is 1. The molecule has 1 heterocycles. The summed E-state index contributed by atoms with van der Waals surface area (Å²) in [6.45, 7) is 3.46. The van der Waals surface area contributed by atoms with E-state index in [0.717, 1.165) is 11.6 Å². The van der Waals surface area contributed by atoms with Crippen molar-refractivity contribution < 1.29 is 27.9 Å². The molecule has 0 spiro atoms. The van der Waals surface area contributed by atoms with Crippen molar-refractivity contribution in [1.29, 1.82) is 0 Å². The quantitative estimate of drug-likeness (QED) is 0.656. The monoisotopic (exact) mass is 422 g/mol. The third-order valence-corrected chi connectivity index (χ3v) is 5.54. The molecular formula is C20H17F3N2O3S. The molecule has 0 saturated heterocycles. The van der Waals surface area contributed by atoms with Crippen LogP contribution in [-0.2, 0) is 11.0 Å². The molecule has 1 amide bonds. The number of aliphatic carboxylic acids is 1. The maximum Gasteiger partial charge on any atom is 0.417 e. The molecule has 0 saturated carbocycles. The number of hydrogen-bond acceptors (Lipinski definition) is 3. The number of halogens is 3. The van der Waals surface area contributed by atoms with Gasteiger partial charge in [-0.05, 0) is 37.6 Å². The van der Waals surface area contributed by atoms with E-state index in [1.807, 2.05) is 6.92 Å². The second kappa shape index (κ2) is 7.82. The number of thiazole rings is 1. The molecule has 0 aliphatic carbocycles. The molecule has 0 aliphatic heterocycles. The van der Waals surface area contributed by atoms with Crippen molar-refractivity contribution in [3.05, 3.63) is 64.0 Å². The highest BCUT2D eigenvalue weighted by atomic mass is 32.1. The fourth-order valence-corrected chi connectivity index (χ4v) is 4.18. The van der Waals surface area contributed by atoms with Crippen LogP contribution in [0.5, 0.6) is 0 Å². The van der Waals surface area contributed by atoms with Crippen molar-refractivity contribution in [2.24, 2.45) is 4.99 Å². The number of alkyl halides is 3. The zero-order valence-corrected chi connectivity index (χ0v) is 16.3. The van der Waals surface area contributed by atoms with Crippen LogP contribution in [0.1, 0.15) is 40.9 Å². The molecule has 0 bridgehead atoms. The van der Waals surface area contributed by atoms with E-state index in [1.54, 1.807) is 31.2 Å². The highest BCUT2D eigenvalue weighted by Crippen LogP contribution is 2.37. The van der Waals surface area contributed by atoms with Crippen LogP contribution in [0, 0.1) is 6.92 Å². The van der Waals surface area contributed by atoms with Gasteiger partial charge in [0.05, 0.1) is 15.8 Å². The Balaban J connectivity index is 2.31. The Morgan fingerprint density at radius 1 is 1.17 bits per heavy atom. The van der Waals surface area contributed by atoms with Gasteiger partial charge in [0.15, 0.2) is 4.80 Å². The van der Waals surface area contributed by atoms with E-state index in [0.29, 0.717) is 11.3 Å². The van der Waals surface area contributed by atoms with Crippen molar-refractivity contribution in [2.45, 2.75) is 32.5 Å². The van der Waals surface area contributed by atoms with E-state index in [-0.39, 0.29) is 27.0 Å². The molecule has 3 rings (SSSR count). The lowest BCUT2D eigenvalue weighted by Gasteiger charge is -2.14. The van der Waals surface area contributed by atoms with E-state index in [9.17, 15) is 27.9 Å². The number of carbonyl (C=O) groups is 2. The Kier molecular flexibility index (Phi) is 5.61. The van der Waals surface area contributed by atoms with Crippen LogP contribution in [0.15, 0.2) is 47.5 Å². The fourth-order valence-electron chi connectivity index (χ4n) is 2.98. The van der Waals surface area contributed by atoms with Gasteiger partial charge in [-0.15, -0.1) is 0 Å². The molecule has 5 nitrogen and oxygen atoms in total. The van der Waals surface area contributed by atoms with Crippen LogP contribution < -0.4 is 4.80 Å². The van der Waals surface area contributed by atoms with Crippen molar-refractivity contribution in [3.8, 4) is 0 Å². The van der Waals surface area contributed by atoms with Crippen molar-refractivity contribution in [3.63, 3.8) is 0 Å². The molecule has 1 N–H and O–H groups in total. The molecule has 0 radical (unpaired) electrons. The second-order valence-corrected chi connectivity index (χ2v) is 7.43. The number of aryl methyl sites for hydroxylation is 1. The zero-order chi connectivity index (χ0) is 21.3. The smallest absolute Gasteiger partial charge is 0.417 e. The summed E-state index contributed by atoms with van der Waals surface area (Å²) in [7, 11) is 0. The third kappa shape index (κ3) is 4.09. The number of carboxylic acid groups (broad SMARTS) is 1. The molecule has 3 aromatic rings. The van der Waals surface area contributed by atoms with E-state index in [1.165, 1.54) is 16.7 Å². The lowest BCUT2D eigenvalue weighted by atomic mass is 10.1. The second-order valence-electron chi connectivity index (χ2n) is 6.45. The number of rotatable bonds is 4. The van der Waals surface area contributed by atoms with Gasteiger partial charge >= 0.3 is 12.1 Å². The number of nitrogens with zero attached hydrogens (tertiary/aromatic N) is 2. The van der Waals surface area contributed by atoms with Crippen LogP contribution in [0.3, 0.4) is 0 Å². The summed E-state index contributed by atoms with van der Waals surface area (Å²) in [6.07, 6.45) is -4.51. The Labute approximate surface area is 167 Å². The molecular weight excluding hydrogens is 405 g/mol. The summed E-state index contributed by atoms with van der Waals surface area (Å²) in [5.41, 5.74) is 0.386. The van der Waals surface area contributed by atoms with E-state index in [4.69, 9.17) is 0 Å². The lowest BCUT2D eigenvalue weighted by Crippen LogP contribution is -2.27. The number of benzene rings is 2.